The SMILES string of the molecule is CCN(CC)c1nc(N)c(C(=O)N(CC2CC2)C(C)C)s1. The van der Waals surface area contributed by atoms with Gasteiger partial charge in [-0.3, -0.25) is 4.79 Å². The zero-order chi connectivity index (χ0) is 15.6. The summed E-state index contributed by atoms with van der Waals surface area (Å²) in [5, 5.41) is 0.843. The highest BCUT2D eigenvalue weighted by Crippen LogP contribution is 2.33. The quantitative estimate of drug-likeness (QED) is 0.841. The van der Waals surface area contributed by atoms with Crippen LogP contribution < -0.4 is 10.6 Å². The van der Waals surface area contributed by atoms with Gasteiger partial charge in [-0.05, 0) is 46.5 Å². The van der Waals surface area contributed by atoms with Crippen molar-refractivity contribution in [1.82, 2.24) is 9.88 Å². The lowest BCUT2D eigenvalue weighted by Crippen LogP contribution is -2.38. The van der Waals surface area contributed by atoms with Crippen molar-refractivity contribution in [2.45, 2.75) is 46.6 Å². The number of nitrogens with zero attached hydrogens (tertiary/aromatic N) is 3. The number of amides is 1. The van der Waals surface area contributed by atoms with Crippen LogP contribution in [0.1, 0.15) is 50.2 Å². The lowest BCUT2D eigenvalue weighted by atomic mass is 10.2. The van der Waals surface area contributed by atoms with E-state index in [1.807, 2.05) is 4.90 Å². The van der Waals surface area contributed by atoms with Gasteiger partial charge in [0.2, 0.25) is 0 Å². The van der Waals surface area contributed by atoms with Gasteiger partial charge in [-0.15, -0.1) is 0 Å². The Morgan fingerprint density at radius 3 is 2.48 bits per heavy atom. The predicted octanol–water partition coefficient (Wildman–Crippen LogP) is 2.83. The van der Waals surface area contributed by atoms with Crippen LogP contribution in [-0.2, 0) is 0 Å². The summed E-state index contributed by atoms with van der Waals surface area (Å²) in [5.41, 5.74) is 6.00. The van der Waals surface area contributed by atoms with Crippen molar-refractivity contribution in [3.8, 4) is 0 Å². The van der Waals surface area contributed by atoms with Crippen LogP contribution in [-0.4, -0.2) is 41.5 Å². The fourth-order valence-corrected chi connectivity index (χ4v) is 3.41. The fourth-order valence-electron chi connectivity index (χ4n) is 2.34. The third-order valence-corrected chi connectivity index (χ3v) is 5.03. The summed E-state index contributed by atoms with van der Waals surface area (Å²) >= 11 is 1.42. The average molecular weight is 310 g/mol. The average Bonchev–Trinajstić information content (AvgIpc) is 3.18. The molecule has 0 atom stereocenters. The number of aromatic nitrogens is 1. The molecule has 6 heteroatoms. The number of nitrogen functional groups attached to an aromatic ring is 1. The summed E-state index contributed by atoms with van der Waals surface area (Å²) in [5.74, 6) is 1.08. The third-order valence-electron chi connectivity index (χ3n) is 3.91. The molecule has 1 amide bonds. The van der Waals surface area contributed by atoms with Crippen LogP contribution in [0.2, 0.25) is 0 Å². The summed E-state index contributed by atoms with van der Waals surface area (Å²) in [6, 6.07) is 0.191. The van der Waals surface area contributed by atoms with Crippen molar-refractivity contribution in [3.63, 3.8) is 0 Å². The van der Waals surface area contributed by atoms with Gasteiger partial charge >= 0.3 is 0 Å². The van der Waals surface area contributed by atoms with E-state index in [0.29, 0.717) is 16.6 Å². The van der Waals surface area contributed by atoms with Crippen molar-refractivity contribution in [3.05, 3.63) is 4.88 Å². The van der Waals surface area contributed by atoms with E-state index in [2.05, 4.69) is 37.6 Å². The molecule has 21 heavy (non-hydrogen) atoms. The monoisotopic (exact) mass is 310 g/mol. The smallest absolute Gasteiger partial charge is 0.268 e. The van der Waals surface area contributed by atoms with E-state index in [4.69, 9.17) is 5.73 Å². The third kappa shape index (κ3) is 3.67. The Balaban J connectivity index is 2.20. The molecule has 1 fully saturated rings. The van der Waals surface area contributed by atoms with Crippen LogP contribution in [0.3, 0.4) is 0 Å². The maximum absolute atomic E-state index is 12.8. The first-order chi connectivity index (χ1) is 9.97. The molecule has 1 aliphatic rings. The van der Waals surface area contributed by atoms with Crippen LogP contribution in [0.15, 0.2) is 0 Å². The molecule has 1 aromatic rings. The molecule has 0 bridgehead atoms. The van der Waals surface area contributed by atoms with Gasteiger partial charge < -0.3 is 15.5 Å². The molecule has 1 aliphatic carbocycles. The van der Waals surface area contributed by atoms with Gasteiger partial charge in [-0.2, -0.15) is 0 Å². The van der Waals surface area contributed by atoms with E-state index in [-0.39, 0.29) is 11.9 Å². The number of thiazole rings is 1. The second-order valence-corrected chi connectivity index (χ2v) is 6.86. The summed E-state index contributed by atoms with van der Waals surface area (Å²) < 4.78 is 0. The molecule has 2 rings (SSSR count). The molecule has 0 aliphatic heterocycles. The van der Waals surface area contributed by atoms with Crippen molar-refractivity contribution in [2.75, 3.05) is 30.3 Å². The second kappa shape index (κ2) is 6.64. The van der Waals surface area contributed by atoms with Gasteiger partial charge in [-0.1, -0.05) is 11.3 Å². The first-order valence-corrected chi connectivity index (χ1v) is 8.61. The summed E-state index contributed by atoms with van der Waals surface area (Å²) in [6.07, 6.45) is 2.47. The molecule has 0 spiro atoms. The molecule has 1 saturated carbocycles. The van der Waals surface area contributed by atoms with Crippen molar-refractivity contribution >= 4 is 28.2 Å². The molecule has 0 saturated heterocycles. The van der Waals surface area contributed by atoms with E-state index in [0.717, 1.165) is 24.8 Å². The maximum atomic E-state index is 12.8. The van der Waals surface area contributed by atoms with E-state index < -0.39 is 0 Å². The van der Waals surface area contributed by atoms with E-state index in [1.54, 1.807) is 0 Å². The number of nitrogens with two attached hydrogens (primary N) is 1. The highest BCUT2D eigenvalue weighted by atomic mass is 32.1. The first kappa shape index (κ1) is 16.1. The van der Waals surface area contributed by atoms with Crippen LogP contribution in [0, 0.1) is 5.92 Å². The number of anilines is 2. The van der Waals surface area contributed by atoms with Gasteiger partial charge in [-0.25, -0.2) is 4.98 Å². The molecule has 0 radical (unpaired) electrons. The Kier molecular flexibility index (Phi) is 5.08. The maximum Gasteiger partial charge on any atom is 0.268 e. The van der Waals surface area contributed by atoms with Crippen LogP contribution in [0.25, 0.3) is 0 Å². The number of hydrogen-bond acceptors (Lipinski definition) is 5. The molecule has 0 unspecified atom stereocenters. The van der Waals surface area contributed by atoms with E-state index in [1.165, 1.54) is 24.2 Å². The number of carbonyl (C=O) groups is 1. The molecule has 5 nitrogen and oxygen atoms in total. The highest BCUT2D eigenvalue weighted by molar-refractivity contribution is 7.18. The minimum atomic E-state index is 0.0327. The fraction of sp³-hybridized carbons (Fsp3) is 0.733. The predicted molar refractivity (Wildman–Crippen MR) is 89.0 cm³/mol. The number of carbonyl (C=O) groups excluding carboxylic acids is 1. The molecule has 1 heterocycles. The first-order valence-electron chi connectivity index (χ1n) is 7.80. The minimum absolute atomic E-state index is 0.0327. The molecule has 0 aromatic carbocycles. The van der Waals surface area contributed by atoms with Crippen LogP contribution >= 0.6 is 11.3 Å². The topological polar surface area (TPSA) is 62.5 Å². The van der Waals surface area contributed by atoms with Crippen LogP contribution in [0.4, 0.5) is 10.9 Å². The van der Waals surface area contributed by atoms with Crippen molar-refractivity contribution in [2.24, 2.45) is 5.92 Å². The number of rotatable bonds is 7. The normalized spacial score (nSPS) is 14.5. The number of hydrogen-bond donors (Lipinski definition) is 1. The second-order valence-electron chi connectivity index (χ2n) is 5.88. The highest BCUT2D eigenvalue weighted by Gasteiger charge is 2.31. The van der Waals surface area contributed by atoms with Crippen molar-refractivity contribution in [1.29, 1.82) is 0 Å². The Morgan fingerprint density at radius 2 is 2.00 bits per heavy atom. The Hall–Kier alpha value is -1.30. The molecule has 118 valence electrons. The van der Waals surface area contributed by atoms with Gasteiger partial charge in [0.05, 0.1) is 0 Å². The van der Waals surface area contributed by atoms with Crippen molar-refractivity contribution < 1.29 is 4.79 Å². The minimum Gasteiger partial charge on any atom is -0.382 e. The standard InChI is InChI=1S/C15H26N4OS/c1-5-18(6-2)15-17-13(16)12(21-15)14(20)19(10(3)4)9-11-7-8-11/h10-11H,5-9,16H2,1-4H3. The van der Waals surface area contributed by atoms with Gasteiger partial charge in [0.25, 0.3) is 5.91 Å². The van der Waals surface area contributed by atoms with Gasteiger partial charge in [0.15, 0.2) is 5.13 Å². The van der Waals surface area contributed by atoms with Gasteiger partial charge in [0, 0.05) is 25.7 Å². The molecular formula is C15H26N4OS. The zero-order valence-electron chi connectivity index (χ0n) is 13.4. The zero-order valence-corrected chi connectivity index (χ0v) is 14.2. The van der Waals surface area contributed by atoms with Crippen LogP contribution in [0.5, 0.6) is 0 Å². The summed E-state index contributed by atoms with van der Waals surface area (Å²) in [4.78, 5) is 21.8. The summed E-state index contributed by atoms with van der Waals surface area (Å²) in [7, 11) is 0. The lowest BCUT2D eigenvalue weighted by Gasteiger charge is -2.26. The van der Waals surface area contributed by atoms with E-state index >= 15 is 0 Å². The Labute approximate surface area is 131 Å². The lowest BCUT2D eigenvalue weighted by molar-refractivity contribution is 0.0702. The van der Waals surface area contributed by atoms with E-state index in [9.17, 15) is 4.79 Å². The molecule has 1 aromatic heterocycles. The largest absolute Gasteiger partial charge is 0.382 e. The Bertz CT molecular complexity index is 492. The Morgan fingerprint density at radius 1 is 1.38 bits per heavy atom. The molecule has 2 N–H and O–H groups in total. The van der Waals surface area contributed by atoms with Gasteiger partial charge in [0.1, 0.15) is 10.7 Å². The summed E-state index contributed by atoms with van der Waals surface area (Å²) in [6.45, 7) is 10.9. The molecular weight excluding hydrogens is 284 g/mol.